The lowest BCUT2D eigenvalue weighted by Crippen LogP contribution is -2.38. The number of alkyl halides is 2. The Morgan fingerprint density at radius 2 is 1.60 bits per heavy atom. The van der Waals surface area contributed by atoms with Crippen molar-refractivity contribution < 1.29 is 13.5 Å². The van der Waals surface area contributed by atoms with Gasteiger partial charge in [-0.1, -0.05) is 62.9 Å². The molecule has 1 N–H and O–H groups in total. The van der Waals surface area contributed by atoms with Crippen LogP contribution in [0.25, 0.3) is 11.4 Å². The van der Waals surface area contributed by atoms with Gasteiger partial charge in [0.1, 0.15) is 5.82 Å². The maximum absolute atomic E-state index is 14.8. The summed E-state index contributed by atoms with van der Waals surface area (Å²) in [5.41, 5.74) is 0.852. The van der Waals surface area contributed by atoms with Crippen molar-refractivity contribution in [1.82, 2.24) is 9.97 Å². The molecule has 1 aromatic heterocycles. The summed E-state index contributed by atoms with van der Waals surface area (Å²) in [7, 11) is 0. The minimum absolute atomic E-state index is 0.0372. The molecule has 0 atom stereocenters. The van der Waals surface area contributed by atoms with E-state index in [1.165, 1.54) is 44.7 Å². The van der Waals surface area contributed by atoms with Crippen LogP contribution in [-0.2, 0) is 0 Å². The van der Waals surface area contributed by atoms with Crippen molar-refractivity contribution in [3.63, 3.8) is 0 Å². The summed E-state index contributed by atoms with van der Waals surface area (Å²) in [6.07, 6.45) is 8.99. The zero-order chi connectivity index (χ0) is 21.0. The first-order valence-electron chi connectivity index (χ1n) is 11.7. The number of hydrogen-bond donors (Lipinski definition) is 1. The minimum Gasteiger partial charge on any atom is -0.415 e. The normalized spacial score (nSPS) is 27.7. The molecule has 30 heavy (non-hydrogen) atoms. The highest BCUT2D eigenvalue weighted by Crippen LogP contribution is 2.45. The van der Waals surface area contributed by atoms with Gasteiger partial charge < -0.3 is 9.72 Å². The van der Waals surface area contributed by atoms with Crippen LogP contribution < -0.4 is 4.74 Å². The molecule has 0 unspecified atom stereocenters. The molecule has 2 aromatic rings. The Bertz CT molecular complexity index is 775. The van der Waals surface area contributed by atoms with Gasteiger partial charge in [0.15, 0.2) is 0 Å². The van der Waals surface area contributed by atoms with Gasteiger partial charge >= 0.3 is 6.11 Å². The second-order valence-electron chi connectivity index (χ2n) is 9.31. The van der Waals surface area contributed by atoms with E-state index in [4.69, 9.17) is 4.74 Å². The Balaban J connectivity index is 1.28. The van der Waals surface area contributed by atoms with Crippen molar-refractivity contribution in [3.8, 4) is 17.3 Å². The van der Waals surface area contributed by atoms with Gasteiger partial charge in [0, 0.05) is 5.56 Å². The Hall–Kier alpha value is -1.91. The Kier molecular flexibility index (Phi) is 6.74. The van der Waals surface area contributed by atoms with Crippen LogP contribution in [0.2, 0.25) is 0 Å². The second-order valence-corrected chi connectivity index (χ2v) is 9.31. The van der Waals surface area contributed by atoms with E-state index >= 15 is 0 Å². The molecule has 2 saturated carbocycles. The van der Waals surface area contributed by atoms with Crippen LogP contribution in [0.1, 0.15) is 71.1 Å². The van der Waals surface area contributed by atoms with Gasteiger partial charge in [-0.05, 0) is 56.3 Å². The fourth-order valence-corrected chi connectivity index (χ4v) is 5.61. The van der Waals surface area contributed by atoms with Gasteiger partial charge in [-0.15, -0.1) is 0 Å². The summed E-state index contributed by atoms with van der Waals surface area (Å²) in [6.45, 7) is 2.27. The molecule has 4 rings (SSSR count). The van der Waals surface area contributed by atoms with Crippen molar-refractivity contribution in [2.24, 2.45) is 23.7 Å². The van der Waals surface area contributed by atoms with Crippen molar-refractivity contribution in [2.75, 3.05) is 0 Å². The van der Waals surface area contributed by atoms with Gasteiger partial charge in [0.05, 0.1) is 12.1 Å². The lowest BCUT2D eigenvalue weighted by atomic mass is 9.68. The summed E-state index contributed by atoms with van der Waals surface area (Å²) < 4.78 is 34.8. The fraction of sp³-hybridized carbons (Fsp3) is 0.640. The maximum atomic E-state index is 14.8. The molecule has 0 aliphatic heterocycles. The van der Waals surface area contributed by atoms with Crippen LogP contribution in [0.15, 0.2) is 36.5 Å². The quantitative estimate of drug-likeness (QED) is 0.508. The zero-order valence-electron chi connectivity index (χ0n) is 18.0. The molecule has 1 aromatic carbocycles. The summed E-state index contributed by atoms with van der Waals surface area (Å²) in [5, 5.41) is 0. The van der Waals surface area contributed by atoms with Crippen molar-refractivity contribution >= 4 is 0 Å². The monoisotopic (exact) mass is 416 g/mol. The van der Waals surface area contributed by atoms with Gasteiger partial charge in [-0.25, -0.2) is 4.98 Å². The molecule has 164 valence electrons. The van der Waals surface area contributed by atoms with E-state index in [0.717, 1.165) is 30.2 Å². The SMILES string of the molecule is CCCC1CCC(C2CCC(C(F)(F)Oc3cnc(-c4ccccc4)[nH]3)CC2)CC1. The van der Waals surface area contributed by atoms with Gasteiger partial charge in [0.2, 0.25) is 5.88 Å². The highest BCUT2D eigenvalue weighted by Gasteiger charge is 2.45. The summed E-state index contributed by atoms with van der Waals surface area (Å²) >= 11 is 0. The molecule has 5 heteroatoms. The molecule has 2 aliphatic rings. The third-order valence-corrected chi connectivity index (χ3v) is 7.35. The molecule has 0 saturated heterocycles. The largest absolute Gasteiger partial charge is 0.415 e. The first-order valence-corrected chi connectivity index (χ1v) is 11.7. The van der Waals surface area contributed by atoms with Gasteiger partial charge in [-0.2, -0.15) is 8.78 Å². The molecular formula is C25H34F2N2O. The van der Waals surface area contributed by atoms with Crippen molar-refractivity contribution in [3.05, 3.63) is 36.5 Å². The average Bonchev–Trinajstić information content (AvgIpc) is 3.23. The van der Waals surface area contributed by atoms with Crippen LogP contribution in [0.5, 0.6) is 5.88 Å². The number of aromatic amines is 1. The van der Waals surface area contributed by atoms with Crippen LogP contribution in [-0.4, -0.2) is 16.1 Å². The maximum Gasteiger partial charge on any atom is 0.401 e. The summed E-state index contributed by atoms with van der Waals surface area (Å²) in [5.74, 6) is 2.13. The first kappa shape index (κ1) is 21.3. The molecule has 0 amide bonds. The number of H-pyrrole nitrogens is 1. The topological polar surface area (TPSA) is 37.9 Å². The molecule has 3 nitrogen and oxygen atoms in total. The molecule has 0 radical (unpaired) electrons. The number of rotatable bonds is 7. The Morgan fingerprint density at radius 1 is 0.967 bits per heavy atom. The minimum atomic E-state index is -3.16. The molecule has 0 spiro atoms. The highest BCUT2D eigenvalue weighted by molar-refractivity contribution is 5.55. The lowest BCUT2D eigenvalue weighted by molar-refractivity contribution is -0.225. The third-order valence-electron chi connectivity index (χ3n) is 7.35. The van der Waals surface area contributed by atoms with E-state index in [2.05, 4.69) is 16.9 Å². The molecule has 2 fully saturated rings. The zero-order valence-corrected chi connectivity index (χ0v) is 18.0. The summed E-state index contributed by atoms with van der Waals surface area (Å²) in [6, 6.07) is 9.46. The van der Waals surface area contributed by atoms with E-state index in [1.807, 2.05) is 30.3 Å². The smallest absolute Gasteiger partial charge is 0.401 e. The van der Waals surface area contributed by atoms with Gasteiger partial charge in [0.25, 0.3) is 0 Å². The van der Waals surface area contributed by atoms with Crippen molar-refractivity contribution in [1.29, 1.82) is 0 Å². The Labute approximate surface area is 178 Å². The average molecular weight is 417 g/mol. The van der Waals surface area contributed by atoms with E-state index in [1.54, 1.807) is 0 Å². The van der Waals surface area contributed by atoms with E-state index in [0.29, 0.717) is 24.6 Å². The molecule has 1 heterocycles. The lowest BCUT2D eigenvalue weighted by Gasteiger charge is -2.39. The number of nitrogens with zero attached hydrogens (tertiary/aromatic N) is 1. The van der Waals surface area contributed by atoms with Crippen molar-refractivity contribution in [2.45, 2.75) is 77.2 Å². The van der Waals surface area contributed by atoms with Gasteiger partial charge in [-0.3, -0.25) is 0 Å². The standard InChI is InChI=1S/C25H34F2N2O/c1-2-6-18-9-11-19(12-10-18)20-13-15-22(16-14-20)25(26,27)30-23-17-28-24(29-23)21-7-4-3-5-8-21/h3-5,7-8,17-20,22H,2,6,9-16H2,1H3,(H,28,29). The first-order chi connectivity index (χ1) is 14.5. The van der Waals surface area contributed by atoms with Crippen LogP contribution in [0.3, 0.4) is 0 Å². The van der Waals surface area contributed by atoms with Crippen LogP contribution >= 0.6 is 0 Å². The summed E-state index contributed by atoms with van der Waals surface area (Å²) in [4.78, 5) is 7.08. The number of hydrogen-bond acceptors (Lipinski definition) is 2. The number of aromatic nitrogens is 2. The van der Waals surface area contributed by atoms with Crippen LogP contribution in [0, 0.1) is 23.7 Å². The number of nitrogens with one attached hydrogen (secondary N) is 1. The predicted molar refractivity (Wildman–Crippen MR) is 115 cm³/mol. The van der Waals surface area contributed by atoms with E-state index < -0.39 is 12.0 Å². The highest BCUT2D eigenvalue weighted by atomic mass is 19.3. The predicted octanol–water partition coefficient (Wildman–Crippen LogP) is 7.46. The second kappa shape index (κ2) is 9.49. The fourth-order valence-electron chi connectivity index (χ4n) is 5.61. The molecule has 0 bridgehead atoms. The van der Waals surface area contributed by atoms with E-state index in [9.17, 15) is 8.78 Å². The third kappa shape index (κ3) is 5.04. The Morgan fingerprint density at radius 3 is 2.23 bits per heavy atom. The van der Waals surface area contributed by atoms with E-state index in [-0.39, 0.29) is 5.88 Å². The number of benzene rings is 1. The molecule has 2 aliphatic carbocycles. The molecular weight excluding hydrogens is 382 g/mol. The number of ether oxygens (including phenoxy) is 1. The number of halogens is 2. The van der Waals surface area contributed by atoms with Crippen LogP contribution in [0.4, 0.5) is 8.78 Å². The number of imidazole rings is 1.